The number of hydrogen-bond acceptors (Lipinski definition) is 4. The molecule has 1 aliphatic heterocycles. The van der Waals surface area contributed by atoms with Crippen LogP contribution in [0.25, 0.3) is 0 Å². The van der Waals surface area contributed by atoms with Crippen LogP contribution in [0.5, 0.6) is 0 Å². The van der Waals surface area contributed by atoms with Crippen LogP contribution in [0.3, 0.4) is 0 Å². The number of aryl methyl sites for hydroxylation is 1. The molecule has 0 atom stereocenters. The fourth-order valence-corrected chi connectivity index (χ4v) is 3.62. The lowest BCUT2D eigenvalue weighted by atomic mass is 10.1. The number of anilines is 1. The molecule has 1 fully saturated rings. The van der Waals surface area contributed by atoms with Gasteiger partial charge >= 0.3 is 0 Å². The van der Waals surface area contributed by atoms with Crippen molar-refractivity contribution < 1.29 is 9.59 Å². The van der Waals surface area contributed by atoms with E-state index in [9.17, 15) is 9.59 Å². The van der Waals surface area contributed by atoms with E-state index in [1.165, 1.54) is 11.3 Å². The summed E-state index contributed by atoms with van der Waals surface area (Å²) < 4.78 is 0. The number of aromatic nitrogens is 1. The first-order chi connectivity index (χ1) is 9.24. The summed E-state index contributed by atoms with van der Waals surface area (Å²) in [5.74, 6) is 0.116. The van der Waals surface area contributed by atoms with Gasteiger partial charge in [-0.2, -0.15) is 0 Å². The van der Waals surface area contributed by atoms with Gasteiger partial charge in [0.25, 0.3) is 5.91 Å². The average Bonchev–Trinajstić information content (AvgIpc) is 3.01. The number of amides is 2. The molecule has 2 N–H and O–H groups in total. The Morgan fingerprint density at radius 2 is 2.11 bits per heavy atom. The van der Waals surface area contributed by atoms with Crippen LogP contribution >= 0.6 is 11.3 Å². The van der Waals surface area contributed by atoms with Gasteiger partial charge in [-0.05, 0) is 25.7 Å². The minimum atomic E-state index is -0.0636. The fraction of sp³-hybridized carbons (Fsp3) is 0.615. The number of carbonyl (C=O) groups is 2. The van der Waals surface area contributed by atoms with Crippen LogP contribution in [0.15, 0.2) is 0 Å². The van der Waals surface area contributed by atoms with Crippen LogP contribution in [0, 0.1) is 5.92 Å². The Morgan fingerprint density at radius 1 is 1.32 bits per heavy atom. The normalized spacial score (nSPS) is 19.7. The van der Waals surface area contributed by atoms with Crippen LogP contribution in [0.2, 0.25) is 0 Å². The lowest BCUT2D eigenvalue weighted by Crippen LogP contribution is -2.21. The molecule has 0 radical (unpaired) electrons. The first kappa shape index (κ1) is 12.6. The van der Waals surface area contributed by atoms with Gasteiger partial charge < -0.3 is 10.6 Å². The molecule has 1 aromatic rings. The van der Waals surface area contributed by atoms with Crippen molar-refractivity contribution in [3.05, 3.63) is 10.6 Å². The molecule has 5 nitrogen and oxygen atoms in total. The van der Waals surface area contributed by atoms with E-state index in [0.29, 0.717) is 16.6 Å². The summed E-state index contributed by atoms with van der Waals surface area (Å²) in [6.07, 6.45) is 5.90. The molecule has 102 valence electrons. The zero-order valence-electron chi connectivity index (χ0n) is 10.7. The van der Waals surface area contributed by atoms with Gasteiger partial charge in [-0.25, -0.2) is 4.98 Å². The van der Waals surface area contributed by atoms with Crippen molar-refractivity contribution in [2.75, 3.05) is 11.9 Å². The maximum absolute atomic E-state index is 12.0. The van der Waals surface area contributed by atoms with Gasteiger partial charge in [-0.3, -0.25) is 9.59 Å². The zero-order chi connectivity index (χ0) is 13.2. The van der Waals surface area contributed by atoms with E-state index in [1.807, 2.05) is 0 Å². The molecule has 2 aliphatic rings. The molecule has 19 heavy (non-hydrogen) atoms. The van der Waals surface area contributed by atoms with Crippen molar-refractivity contribution in [3.63, 3.8) is 0 Å². The topological polar surface area (TPSA) is 71.1 Å². The number of fused-ring (bicyclic) bond motifs is 1. The third-order valence-electron chi connectivity index (χ3n) is 3.74. The van der Waals surface area contributed by atoms with Gasteiger partial charge in [0.2, 0.25) is 5.91 Å². The number of thiazole rings is 1. The third kappa shape index (κ3) is 2.63. The first-order valence-corrected chi connectivity index (χ1v) is 7.64. The van der Waals surface area contributed by atoms with Gasteiger partial charge in [-0.1, -0.05) is 24.2 Å². The van der Waals surface area contributed by atoms with Crippen molar-refractivity contribution in [1.29, 1.82) is 0 Å². The number of nitrogens with zero attached hydrogens (tertiary/aromatic N) is 1. The third-order valence-corrected chi connectivity index (χ3v) is 4.75. The van der Waals surface area contributed by atoms with E-state index in [2.05, 4.69) is 15.6 Å². The second kappa shape index (κ2) is 5.28. The van der Waals surface area contributed by atoms with Crippen LogP contribution in [-0.2, 0) is 11.2 Å². The number of carbonyl (C=O) groups excluding carboxylic acids is 2. The lowest BCUT2D eigenvalue weighted by molar-refractivity contribution is -0.119. The van der Waals surface area contributed by atoms with Gasteiger partial charge in [0.05, 0.1) is 5.69 Å². The van der Waals surface area contributed by atoms with Crippen molar-refractivity contribution in [1.82, 2.24) is 10.3 Å². The van der Waals surface area contributed by atoms with E-state index in [0.717, 1.165) is 44.2 Å². The molecule has 2 heterocycles. The largest absolute Gasteiger partial charge is 0.351 e. The monoisotopic (exact) mass is 279 g/mol. The van der Waals surface area contributed by atoms with Gasteiger partial charge in [0.1, 0.15) is 4.88 Å². The standard InChI is InChI=1S/C13H17N3O2S/c17-11(8-4-1-2-5-8)16-13-15-9-6-3-7-14-12(18)10(9)19-13/h8H,1-7H2,(H,14,18)(H,15,16,17). The molecule has 1 aliphatic carbocycles. The van der Waals surface area contributed by atoms with E-state index in [4.69, 9.17) is 0 Å². The fourth-order valence-electron chi connectivity index (χ4n) is 2.69. The Kier molecular flexibility index (Phi) is 3.50. The Morgan fingerprint density at radius 3 is 2.89 bits per heavy atom. The van der Waals surface area contributed by atoms with Crippen LogP contribution < -0.4 is 10.6 Å². The smallest absolute Gasteiger partial charge is 0.263 e. The molecule has 1 aromatic heterocycles. The van der Waals surface area contributed by atoms with Crippen molar-refractivity contribution >= 4 is 28.3 Å². The highest BCUT2D eigenvalue weighted by Gasteiger charge is 2.25. The Balaban J connectivity index is 1.73. The Hall–Kier alpha value is -1.43. The van der Waals surface area contributed by atoms with Crippen LogP contribution in [0.4, 0.5) is 5.13 Å². The maximum atomic E-state index is 12.0. The summed E-state index contributed by atoms with van der Waals surface area (Å²) in [6.45, 7) is 0.700. The second-order valence-electron chi connectivity index (χ2n) is 5.12. The molecule has 0 bridgehead atoms. The Bertz CT molecular complexity index is 506. The van der Waals surface area contributed by atoms with E-state index < -0.39 is 0 Å². The molecule has 1 saturated carbocycles. The second-order valence-corrected chi connectivity index (χ2v) is 6.12. The molecular weight excluding hydrogens is 262 g/mol. The predicted octanol–water partition coefficient (Wildman–Crippen LogP) is 1.95. The number of nitrogens with one attached hydrogen (secondary N) is 2. The molecular formula is C13H17N3O2S. The summed E-state index contributed by atoms with van der Waals surface area (Å²) in [5, 5.41) is 6.28. The Labute approximate surface area is 115 Å². The summed E-state index contributed by atoms with van der Waals surface area (Å²) in [5.41, 5.74) is 0.821. The minimum absolute atomic E-state index is 0.0572. The van der Waals surface area contributed by atoms with Crippen LogP contribution in [0.1, 0.15) is 47.5 Å². The molecule has 0 unspecified atom stereocenters. The molecule has 0 aromatic carbocycles. The quantitative estimate of drug-likeness (QED) is 0.869. The highest BCUT2D eigenvalue weighted by molar-refractivity contribution is 7.17. The summed E-state index contributed by atoms with van der Waals surface area (Å²) in [4.78, 5) is 28.9. The molecule has 6 heteroatoms. The number of rotatable bonds is 2. The van der Waals surface area contributed by atoms with Gasteiger partial charge in [0.15, 0.2) is 5.13 Å². The molecule has 2 amide bonds. The van der Waals surface area contributed by atoms with Crippen molar-refractivity contribution in [3.8, 4) is 0 Å². The zero-order valence-corrected chi connectivity index (χ0v) is 11.5. The van der Waals surface area contributed by atoms with Crippen molar-refractivity contribution in [2.45, 2.75) is 38.5 Å². The highest BCUT2D eigenvalue weighted by atomic mass is 32.1. The van der Waals surface area contributed by atoms with Crippen molar-refractivity contribution in [2.24, 2.45) is 5.92 Å². The van der Waals surface area contributed by atoms with Gasteiger partial charge in [-0.15, -0.1) is 0 Å². The summed E-state index contributed by atoms with van der Waals surface area (Å²) in [7, 11) is 0. The SMILES string of the molecule is O=C1NCCCc2nc(NC(=O)C3CCCC3)sc21. The molecule has 0 spiro atoms. The van der Waals surface area contributed by atoms with E-state index in [1.54, 1.807) is 0 Å². The average molecular weight is 279 g/mol. The first-order valence-electron chi connectivity index (χ1n) is 6.83. The summed E-state index contributed by atoms with van der Waals surface area (Å²) >= 11 is 1.29. The molecule has 0 saturated heterocycles. The van der Waals surface area contributed by atoms with E-state index >= 15 is 0 Å². The minimum Gasteiger partial charge on any atom is -0.351 e. The van der Waals surface area contributed by atoms with E-state index in [-0.39, 0.29) is 17.7 Å². The molecule has 3 rings (SSSR count). The highest BCUT2D eigenvalue weighted by Crippen LogP contribution is 2.29. The number of hydrogen-bond donors (Lipinski definition) is 2. The summed E-state index contributed by atoms with van der Waals surface area (Å²) in [6, 6.07) is 0. The lowest BCUT2D eigenvalue weighted by Gasteiger charge is -2.07. The maximum Gasteiger partial charge on any atom is 0.263 e. The van der Waals surface area contributed by atoms with Crippen LogP contribution in [-0.4, -0.2) is 23.3 Å². The van der Waals surface area contributed by atoms with Gasteiger partial charge in [0, 0.05) is 12.5 Å². The predicted molar refractivity (Wildman–Crippen MR) is 73.4 cm³/mol.